The molecule has 9 heteroatoms. The number of aryl methyl sites for hydroxylation is 1. The fraction of sp³-hybridized carbons (Fsp3) is 0.538. The van der Waals surface area contributed by atoms with Crippen molar-refractivity contribution in [3.8, 4) is 0 Å². The summed E-state index contributed by atoms with van der Waals surface area (Å²) in [5.41, 5.74) is -0.525. The zero-order valence-electron chi connectivity index (χ0n) is 11.6. The Morgan fingerprint density at radius 3 is 2.55 bits per heavy atom. The molecule has 1 aromatic rings. The van der Waals surface area contributed by atoms with E-state index in [1.165, 1.54) is 6.92 Å². The van der Waals surface area contributed by atoms with Crippen LogP contribution in [0.4, 0.5) is 13.2 Å². The van der Waals surface area contributed by atoms with Gasteiger partial charge in [0.15, 0.2) is 0 Å². The number of halogens is 3. The molecule has 0 spiro atoms. The molecule has 6 nitrogen and oxygen atoms in total. The van der Waals surface area contributed by atoms with Gasteiger partial charge >= 0.3 is 12.1 Å². The van der Waals surface area contributed by atoms with Crippen LogP contribution in [0.2, 0.25) is 0 Å². The molecule has 1 aliphatic rings. The second-order valence-electron chi connectivity index (χ2n) is 5.26. The largest absolute Gasteiger partial charge is 0.480 e. The van der Waals surface area contributed by atoms with Crippen molar-refractivity contribution in [2.75, 3.05) is 0 Å². The molecule has 1 atom stereocenters. The van der Waals surface area contributed by atoms with Crippen molar-refractivity contribution < 1.29 is 27.9 Å². The normalized spacial score (nSPS) is 16.2. The minimum Gasteiger partial charge on any atom is -0.480 e. The molecule has 0 aliphatic heterocycles. The maximum atomic E-state index is 12.6. The van der Waals surface area contributed by atoms with Crippen LogP contribution < -0.4 is 5.32 Å². The van der Waals surface area contributed by atoms with Crippen LogP contribution in [0.1, 0.15) is 41.3 Å². The Morgan fingerprint density at radius 2 is 2.05 bits per heavy atom. The Hall–Kier alpha value is -2.19. The molecule has 1 amide bonds. The molecule has 1 aromatic heterocycles. The van der Waals surface area contributed by atoms with Crippen LogP contribution in [-0.2, 0) is 11.0 Å². The Morgan fingerprint density at radius 1 is 1.41 bits per heavy atom. The third-order valence-electron chi connectivity index (χ3n) is 3.21. The van der Waals surface area contributed by atoms with Crippen LogP contribution in [0.15, 0.2) is 6.07 Å². The lowest BCUT2D eigenvalue weighted by Crippen LogP contribution is -2.41. The predicted octanol–water partition coefficient (Wildman–Crippen LogP) is 1.79. The smallest absolute Gasteiger partial charge is 0.451 e. The van der Waals surface area contributed by atoms with Gasteiger partial charge in [0.05, 0.1) is 0 Å². The number of carboxylic acids is 1. The number of alkyl halides is 3. The molecule has 1 aliphatic carbocycles. The summed E-state index contributed by atoms with van der Waals surface area (Å²) in [5.74, 6) is -3.36. The van der Waals surface area contributed by atoms with Crippen molar-refractivity contribution in [3.05, 3.63) is 23.3 Å². The van der Waals surface area contributed by atoms with Crippen molar-refractivity contribution in [2.45, 2.75) is 38.4 Å². The molecule has 1 fully saturated rings. The Balaban J connectivity index is 2.17. The third-order valence-corrected chi connectivity index (χ3v) is 3.21. The highest BCUT2D eigenvalue weighted by molar-refractivity contribution is 5.95. The van der Waals surface area contributed by atoms with Gasteiger partial charge in [0.2, 0.25) is 5.82 Å². The van der Waals surface area contributed by atoms with E-state index in [0.717, 1.165) is 18.9 Å². The number of carbonyl (C=O) groups is 2. The SMILES string of the molecule is Cc1cc(C(=O)NC(CC2CC2)C(=O)O)nc(C(F)(F)F)n1. The number of hydrogen-bond acceptors (Lipinski definition) is 4. The standard InChI is InChI=1S/C13H14F3N3O3/c1-6-4-8(19-12(17-6)13(14,15)16)10(20)18-9(11(21)22)5-7-2-3-7/h4,7,9H,2-3,5H2,1H3,(H,18,20)(H,21,22). The molecule has 1 saturated carbocycles. The Labute approximate surface area is 123 Å². The van der Waals surface area contributed by atoms with E-state index in [9.17, 15) is 22.8 Å². The topological polar surface area (TPSA) is 92.2 Å². The summed E-state index contributed by atoms with van der Waals surface area (Å²) < 4.78 is 37.9. The molecule has 2 N–H and O–H groups in total. The van der Waals surface area contributed by atoms with Gasteiger partial charge in [0.25, 0.3) is 5.91 Å². The predicted molar refractivity (Wildman–Crippen MR) is 68.0 cm³/mol. The number of aliphatic carboxylic acids is 1. The molecule has 2 rings (SSSR count). The van der Waals surface area contributed by atoms with Crippen LogP contribution in [0, 0.1) is 12.8 Å². The maximum Gasteiger partial charge on any atom is 0.451 e. The third kappa shape index (κ3) is 4.15. The van der Waals surface area contributed by atoms with Gasteiger partial charge in [-0.05, 0) is 25.3 Å². The number of hydrogen-bond donors (Lipinski definition) is 2. The lowest BCUT2D eigenvalue weighted by Gasteiger charge is -2.14. The number of nitrogens with zero attached hydrogens (tertiary/aromatic N) is 2. The summed E-state index contributed by atoms with van der Waals surface area (Å²) in [6, 6.07) is -0.0507. The van der Waals surface area contributed by atoms with Crippen LogP contribution in [0.5, 0.6) is 0 Å². The first-order valence-electron chi connectivity index (χ1n) is 6.63. The molecular formula is C13H14F3N3O3. The molecule has 22 heavy (non-hydrogen) atoms. The molecule has 0 aromatic carbocycles. The van der Waals surface area contributed by atoms with Crippen molar-refractivity contribution in [1.82, 2.24) is 15.3 Å². The number of aromatic nitrogens is 2. The second-order valence-corrected chi connectivity index (χ2v) is 5.26. The molecule has 120 valence electrons. The van der Waals surface area contributed by atoms with Crippen molar-refractivity contribution >= 4 is 11.9 Å². The monoisotopic (exact) mass is 317 g/mol. The van der Waals surface area contributed by atoms with E-state index in [1.54, 1.807) is 0 Å². The Kier molecular flexibility index (Phi) is 4.34. The Bertz CT molecular complexity index is 600. The van der Waals surface area contributed by atoms with Crippen molar-refractivity contribution in [1.29, 1.82) is 0 Å². The highest BCUT2D eigenvalue weighted by Crippen LogP contribution is 2.33. The zero-order chi connectivity index (χ0) is 16.5. The summed E-state index contributed by atoms with van der Waals surface area (Å²) >= 11 is 0. The lowest BCUT2D eigenvalue weighted by atomic mass is 10.1. The molecule has 0 radical (unpaired) electrons. The van der Waals surface area contributed by atoms with Gasteiger partial charge in [-0.2, -0.15) is 13.2 Å². The van der Waals surface area contributed by atoms with E-state index in [0.29, 0.717) is 0 Å². The van der Waals surface area contributed by atoms with Crippen LogP contribution >= 0.6 is 0 Å². The quantitative estimate of drug-likeness (QED) is 0.864. The average Bonchev–Trinajstić information content (AvgIpc) is 3.20. The first-order chi connectivity index (χ1) is 10.2. The number of rotatable bonds is 5. The van der Waals surface area contributed by atoms with Gasteiger partial charge in [-0.25, -0.2) is 14.8 Å². The van der Waals surface area contributed by atoms with E-state index in [-0.39, 0.29) is 18.0 Å². The number of carbonyl (C=O) groups excluding carboxylic acids is 1. The number of nitrogens with one attached hydrogen (secondary N) is 1. The lowest BCUT2D eigenvalue weighted by molar-refractivity contribution is -0.145. The number of amides is 1. The van der Waals surface area contributed by atoms with Crippen molar-refractivity contribution in [3.63, 3.8) is 0 Å². The minimum atomic E-state index is -4.78. The summed E-state index contributed by atoms with van der Waals surface area (Å²) in [5, 5.41) is 11.3. The first kappa shape index (κ1) is 16.2. The van der Waals surface area contributed by atoms with Crippen molar-refractivity contribution in [2.24, 2.45) is 5.92 Å². The molecular weight excluding hydrogens is 303 g/mol. The van der Waals surface area contributed by atoms with Gasteiger partial charge in [0.1, 0.15) is 11.7 Å². The fourth-order valence-electron chi connectivity index (χ4n) is 1.95. The second kappa shape index (κ2) is 5.90. The van der Waals surface area contributed by atoms with E-state index in [2.05, 4.69) is 15.3 Å². The molecule has 0 bridgehead atoms. The van der Waals surface area contributed by atoms with Crippen LogP contribution in [0.3, 0.4) is 0 Å². The van der Waals surface area contributed by atoms with E-state index >= 15 is 0 Å². The van der Waals surface area contributed by atoms with Gasteiger partial charge in [0, 0.05) is 5.69 Å². The van der Waals surface area contributed by atoms with Gasteiger partial charge in [-0.1, -0.05) is 12.8 Å². The molecule has 1 heterocycles. The van der Waals surface area contributed by atoms with E-state index in [1.807, 2.05) is 0 Å². The van der Waals surface area contributed by atoms with Crippen LogP contribution in [-0.4, -0.2) is 33.0 Å². The summed E-state index contributed by atoms with van der Waals surface area (Å²) in [6.07, 6.45) is -2.73. The maximum absolute atomic E-state index is 12.6. The highest BCUT2D eigenvalue weighted by Gasteiger charge is 2.36. The average molecular weight is 317 g/mol. The number of carboxylic acid groups (broad SMARTS) is 1. The molecule has 1 unspecified atom stereocenters. The first-order valence-corrected chi connectivity index (χ1v) is 6.63. The van der Waals surface area contributed by atoms with Gasteiger partial charge in [-0.3, -0.25) is 4.79 Å². The van der Waals surface area contributed by atoms with Gasteiger partial charge in [-0.15, -0.1) is 0 Å². The summed E-state index contributed by atoms with van der Waals surface area (Å²) in [7, 11) is 0. The fourth-order valence-corrected chi connectivity index (χ4v) is 1.95. The van der Waals surface area contributed by atoms with Gasteiger partial charge < -0.3 is 10.4 Å². The van der Waals surface area contributed by atoms with E-state index < -0.39 is 35.6 Å². The zero-order valence-corrected chi connectivity index (χ0v) is 11.6. The summed E-state index contributed by atoms with van der Waals surface area (Å²) in [6.45, 7) is 1.30. The van der Waals surface area contributed by atoms with E-state index in [4.69, 9.17) is 5.11 Å². The summed E-state index contributed by atoms with van der Waals surface area (Å²) in [4.78, 5) is 29.5. The molecule has 0 saturated heterocycles. The minimum absolute atomic E-state index is 0.0263. The van der Waals surface area contributed by atoms with Crippen LogP contribution in [0.25, 0.3) is 0 Å². The highest BCUT2D eigenvalue weighted by atomic mass is 19.4.